The van der Waals surface area contributed by atoms with Gasteiger partial charge in [-0.25, -0.2) is 0 Å². The molecule has 1 aromatic carbocycles. The van der Waals surface area contributed by atoms with Crippen LogP contribution in [-0.4, -0.2) is 118 Å². The van der Waals surface area contributed by atoms with Crippen LogP contribution in [-0.2, 0) is 20.7 Å². The normalized spacial score (nSPS) is 25.1. The van der Waals surface area contributed by atoms with E-state index >= 15 is 0 Å². The highest BCUT2D eigenvalue weighted by atomic mass is 16.5. The van der Waals surface area contributed by atoms with E-state index in [1.54, 1.807) is 7.11 Å². The van der Waals surface area contributed by atoms with Crippen molar-refractivity contribution >= 4 is 17.5 Å². The number of piperazine rings is 1. The fourth-order valence-electron chi connectivity index (χ4n) is 6.16. The van der Waals surface area contributed by atoms with Gasteiger partial charge >= 0.3 is 0 Å². The summed E-state index contributed by atoms with van der Waals surface area (Å²) in [7, 11) is 1.69. The van der Waals surface area contributed by atoms with Gasteiger partial charge in [0.25, 0.3) is 0 Å². The Labute approximate surface area is 214 Å². The highest BCUT2D eigenvalue weighted by Crippen LogP contribution is 2.38. The molecule has 0 radical (unpaired) electrons. The summed E-state index contributed by atoms with van der Waals surface area (Å²) in [5.74, 6) is 0.979. The van der Waals surface area contributed by atoms with Crippen LogP contribution in [0.3, 0.4) is 0 Å². The van der Waals surface area contributed by atoms with Crippen LogP contribution >= 0.6 is 0 Å². The van der Waals surface area contributed by atoms with Crippen LogP contribution in [0.5, 0.6) is 5.75 Å². The van der Waals surface area contributed by atoms with Crippen molar-refractivity contribution in [3.63, 3.8) is 0 Å². The Balaban J connectivity index is 1.27. The van der Waals surface area contributed by atoms with E-state index in [9.17, 15) is 9.59 Å². The van der Waals surface area contributed by atoms with E-state index in [1.165, 1.54) is 24.8 Å². The van der Waals surface area contributed by atoms with Gasteiger partial charge in [-0.05, 0) is 44.0 Å². The standard InChI is InChI=1S/C27H41N5O4/c1-35-22-6-5-21-17-23(27(34)28-7-10-29-8-3-2-4-9-29)25-19-30(11-12-32(25)24(21)18-22)20-26(33)31-13-15-36-16-14-31/h5-6,18,23,25H,2-4,7-17,19-20H2,1H3,(H,28,34)/t23-,25+/m0/s1. The summed E-state index contributed by atoms with van der Waals surface area (Å²) in [6.45, 7) is 9.13. The molecule has 0 saturated carbocycles. The lowest BCUT2D eigenvalue weighted by atomic mass is 9.83. The van der Waals surface area contributed by atoms with Gasteiger partial charge in [0.2, 0.25) is 11.8 Å². The monoisotopic (exact) mass is 499 g/mol. The molecular formula is C27H41N5O4. The number of nitrogens with zero attached hydrogens (tertiary/aromatic N) is 4. The van der Waals surface area contributed by atoms with Crippen molar-refractivity contribution in [2.45, 2.75) is 31.7 Å². The second-order valence-electron chi connectivity index (χ2n) is 10.5. The first-order chi connectivity index (χ1) is 17.6. The van der Waals surface area contributed by atoms with Crippen molar-refractivity contribution < 1.29 is 19.1 Å². The summed E-state index contributed by atoms with van der Waals surface area (Å²) in [6.07, 6.45) is 4.54. The predicted molar refractivity (Wildman–Crippen MR) is 138 cm³/mol. The number of likely N-dealkylation sites (tertiary alicyclic amines) is 1. The zero-order valence-corrected chi connectivity index (χ0v) is 21.6. The van der Waals surface area contributed by atoms with Crippen molar-refractivity contribution in [3.05, 3.63) is 23.8 Å². The molecule has 0 aromatic heterocycles. The van der Waals surface area contributed by atoms with Gasteiger partial charge in [0.15, 0.2) is 0 Å². The van der Waals surface area contributed by atoms with Crippen molar-refractivity contribution in [2.24, 2.45) is 5.92 Å². The first-order valence-electron chi connectivity index (χ1n) is 13.6. The van der Waals surface area contributed by atoms with Crippen LogP contribution < -0.4 is 15.0 Å². The number of ether oxygens (including phenoxy) is 2. The van der Waals surface area contributed by atoms with E-state index in [-0.39, 0.29) is 23.8 Å². The number of hydrogen-bond donors (Lipinski definition) is 1. The molecular weight excluding hydrogens is 458 g/mol. The van der Waals surface area contributed by atoms with Crippen LogP contribution in [0.15, 0.2) is 18.2 Å². The van der Waals surface area contributed by atoms with Gasteiger partial charge in [0.1, 0.15) is 5.75 Å². The van der Waals surface area contributed by atoms with Crippen molar-refractivity contribution in [1.82, 2.24) is 20.0 Å². The molecule has 1 aromatic rings. The predicted octanol–water partition coefficient (Wildman–Crippen LogP) is 0.819. The van der Waals surface area contributed by atoms with Gasteiger partial charge in [0.05, 0.1) is 38.8 Å². The van der Waals surface area contributed by atoms with E-state index in [0.717, 1.165) is 44.2 Å². The van der Waals surface area contributed by atoms with Crippen LogP contribution in [0.2, 0.25) is 0 Å². The molecule has 5 rings (SSSR count). The smallest absolute Gasteiger partial charge is 0.236 e. The minimum atomic E-state index is -0.145. The Morgan fingerprint density at radius 2 is 1.83 bits per heavy atom. The zero-order chi connectivity index (χ0) is 24.9. The molecule has 3 saturated heterocycles. The third kappa shape index (κ3) is 5.79. The average Bonchev–Trinajstić information content (AvgIpc) is 2.93. The third-order valence-corrected chi connectivity index (χ3v) is 8.24. The van der Waals surface area contributed by atoms with Crippen LogP contribution in [0.4, 0.5) is 5.69 Å². The second-order valence-corrected chi connectivity index (χ2v) is 10.5. The number of carbonyl (C=O) groups is 2. The number of fused-ring (bicyclic) bond motifs is 3. The molecule has 0 unspecified atom stereocenters. The third-order valence-electron chi connectivity index (χ3n) is 8.24. The first kappa shape index (κ1) is 25.3. The largest absolute Gasteiger partial charge is 0.497 e. The second kappa shape index (κ2) is 11.8. The molecule has 0 aliphatic carbocycles. The van der Waals surface area contributed by atoms with E-state index in [1.807, 2.05) is 11.0 Å². The first-order valence-corrected chi connectivity index (χ1v) is 13.6. The van der Waals surface area contributed by atoms with E-state index < -0.39 is 0 Å². The van der Waals surface area contributed by atoms with Crippen molar-refractivity contribution in [2.75, 3.05) is 90.7 Å². The Bertz CT molecular complexity index is 915. The highest BCUT2D eigenvalue weighted by Gasteiger charge is 2.42. The summed E-state index contributed by atoms with van der Waals surface area (Å²) < 4.78 is 10.9. The molecule has 36 heavy (non-hydrogen) atoms. The molecule has 9 nitrogen and oxygen atoms in total. The minimum Gasteiger partial charge on any atom is -0.497 e. The Morgan fingerprint density at radius 1 is 1.03 bits per heavy atom. The molecule has 1 N–H and O–H groups in total. The molecule has 3 fully saturated rings. The molecule has 198 valence electrons. The van der Waals surface area contributed by atoms with Crippen molar-refractivity contribution in [1.29, 1.82) is 0 Å². The van der Waals surface area contributed by atoms with Crippen molar-refractivity contribution in [3.8, 4) is 5.75 Å². The van der Waals surface area contributed by atoms with Crippen LogP contribution in [0, 0.1) is 5.92 Å². The van der Waals surface area contributed by atoms with Crippen LogP contribution in [0.1, 0.15) is 24.8 Å². The lowest BCUT2D eigenvalue weighted by molar-refractivity contribution is -0.136. The molecule has 9 heteroatoms. The van der Waals surface area contributed by atoms with E-state index in [4.69, 9.17) is 9.47 Å². The number of morpholine rings is 1. The van der Waals surface area contributed by atoms with Crippen LogP contribution in [0.25, 0.3) is 0 Å². The number of hydrogen-bond acceptors (Lipinski definition) is 7. The molecule has 4 aliphatic rings. The van der Waals surface area contributed by atoms with E-state index in [2.05, 4.69) is 32.1 Å². The summed E-state index contributed by atoms with van der Waals surface area (Å²) >= 11 is 0. The molecule has 4 aliphatic heterocycles. The molecule has 0 bridgehead atoms. The molecule has 0 spiro atoms. The fraction of sp³-hybridized carbons (Fsp3) is 0.704. The topological polar surface area (TPSA) is 77.6 Å². The Kier molecular flexibility index (Phi) is 8.29. The number of piperidine rings is 1. The maximum absolute atomic E-state index is 13.5. The summed E-state index contributed by atoms with van der Waals surface area (Å²) in [6, 6.07) is 6.22. The number of benzene rings is 1. The summed E-state index contributed by atoms with van der Waals surface area (Å²) in [5, 5.41) is 3.25. The number of nitrogens with one attached hydrogen (secondary N) is 1. The number of anilines is 1. The van der Waals surface area contributed by atoms with E-state index in [0.29, 0.717) is 52.4 Å². The van der Waals surface area contributed by atoms with Gasteiger partial charge in [-0.15, -0.1) is 0 Å². The lowest BCUT2D eigenvalue weighted by Crippen LogP contribution is -2.62. The van der Waals surface area contributed by atoms with Gasteiger partial charge < -0.3 is 29.5 Å². The quantitative estimate of drug-likeness (QED) is 0.595. The molecule has 2 amide bonds. The fourth-order valence-corrected chi connectivity index (χ4v) is 6.16. The Morgan fingerprint density at radius 3 is 2.61 bits per heavy atom. The number of rotatable bonds is 7. The average molecular weight is 500 g/mol. The zero-order valence-electron chi connectivity index (χ0n) is 21.6. The van der Waals surface area contributed by atoms with Gasteiger partial charge in [-0.1, -0.05) is 12.5 Å². The van der Waals surface area contributed by atoms with Gasteiger partial charge in [0, 0.05) is 57.6 Å². The Hall–Kier alpha value is -2.36. The molecule has 2 atom stereocenters. The highest BCUT2D eigenvalue weighted by molar-refractivity contribution is 5.82. The SMILES string of the molecule is COc1ccc2c(c1)N1CCN(CC(=O)N3CCOCC3)C[C@@H]1[C@@H](C(=O)NCCN1CCCCC1)C2. The number of amides is 2. The van der Waals surface area contributed by atoms with Gasteiger partial charge in [-0.2, -0.15) is 0 Å². The summed E-state index contributed by atoms with van der Waals surface area (Å²) in [4.78, 5) is 35.4. The number of carbonyl (C=O) groups excluding carboxylic acids is 2. The lowest BCUT2D eigenvalue weighted by Gasteiger charge is -2.49. The van der Waals surface area contributed by atoms with Gasteiger partial charge in [-0.3, -0.25) is 14.5 Å². The maximum atomic E-state index is 13.5. The summed E-state index contributed by atoms with van der Waals surface area (Å²) in [5.41, 5.74) is 2.36. The molecule has 4 heterocycles. The maximum Gasteiger partial charge on any atom is 0.236 e. The minimum absolute atomic E-state index is 0.0332. The number of methoxy groups -OCH3 is 1.